The molecule has 1 heterocycles. The summed E-state index contributed by atoms with van der Waals surface area (Å²) in [5.74, 6) is 0.838. The third-order valence-electron chi connectivity index (χ3n) is 4.25. The lowest BCUT2D eigenvalue weighted by molar-refractivity contribution is 0.342. The van der Waals surface area contributed by atoms with Crippen molar-refractivity contribution in [3.05, 3.63) is 103 Å². The Hall–Kier alpha value is -3.46. The summed E-state index contributed by atoms with van der Waals surface area (Å²) >= 11 is 0. The first-order valence-corrected chi connectivity index (χ1v) is 8.58. The van der Waals surface area contributed by atoms with Crippen molar-refractivity contribution in [1.82, 2.24) is 10.9 Å². The Morgan fingerprint density at radius 3 is 1.77 bits per heavy atom. The van der Waals surface area contributed by atoms with E-state index in [0.717, 1.165) is 28.3 Å². The van der Waals surface area contributed by atoms with Gasteiger partial charge in [-0.1, -0.05) is 67.2 Å². The largest absolute Gasteiger partial charge is 0.487 e. The van der Waals surface area contributed by atoms with Crippen LogP contribution in [0.2, 0.25) is 0 Å². The normalized spacial score (nSPS) is 12.9. The molecule has 0 amide bonds. The van der Waals surface area contributed by atoms with E-state index in [1.165, 1.54) is 11.1 Å². The zero-order valence-corrected chi connectivity index (χ0v) is 14.4. The van der Waals surface area contributed by atoms with Crippen LogP contribution in [0.3, 0.4) is 0 Å². The summed E-state index contributed by atoms with van der Waals surface area (Å²) in [6, 6.07) is 27.1. The van der Waals surface area contributed by atoms with Gasteiger partial charge in [-0.15, -0.1) is 0 Å². The van der Waals surface area contributed by atoms with Gasteiger partial charge in [0.2, 0.25) is 0 Å². The van der Waals surface area contributed by atoms with E-state index in [1.54, 1.807) is 0 Å². The van der Waals surface area contributed by atoms with Crippen molar-refractivity contribution in [2.45, 2.75) is 0 Å². The molecule has 2 N–H and O–H groups in total. The molecule has 0 fully saturated rings. The number of allylic oxidation sites excluding steroid dienone is 1. The van der Waals surface area contributed by atoms with E-state index in [2.05, 4.69) is 84.2 Å². The summed E-state index contributed by atoms with van der Waals surface area (Å²) in [7, 11) is 0. The van der Waals surface area contributed by atoms with Crippen molar-refractivity contribution in [1.29, 1.82) is 0 Å². The predicted octanol–water partition coefficient (Wildman–Crippen LogP) is 4.90. The third-order valence-corrected chi connectivity index (χ3v) is 4.25. The number of rotatable bonds is 5. The van der Waals surface area contributed by atoms with E-state index >= 15 is 0 Å². The Morgan fingerprint density at radius 1 is 0.692 bits per heavy atom. The van der Waals surface area contributed by atoms with Gasteiger partial charge >= 0.3 is 0 Å². The van der Waals surface area contributed by atoms with Gasteiger partial charge in [-0.05, 0) is 46.5 Å². The molecule has 3 aromatic rings. The van der Waals surface area contributed by atoms with Crippen molar-refractivity contribution < 1.29 is 4.74 Å². The maximum absolute atomic E-state index is 6.05. The molecule has 0 aliphatic carbocycles. The van der Waals surface area contributed by atoms with Crippen LogP contribution in [0.15, 0.2) is 103 Å². The quantitative estimate of drug-likeness (QED) is 0.693. The Bertz CT molecular complexity index is 889. The van der Waals surface area contributed by atoms with Crippen LogP contribution in [0.25, 0.3) is 22.3 Å². The van der Waals surface area contributed by atoms with Crippen molar-refractivity contribution in [2.24, 2.45) is 0 Å². The zero-order chi connectivity index (χ0) is 17.8. The van der Waals surface area contributed by atoms with Crippen LogP contribution in [-0.2, 0) is 0 Å². The minimum absolute atomic E-state index is 0.457. The molecule has 0 radical (unpaired) electrons. The molecule has 0 unspecified atom stereocenters. The van der Waals surface area contributed by atoms with Crippen LogP contribution < -0.4 is 15.6 Å². The van der Waals surface area contributed by atoms with Crippen LogP contribution in [-0.4, -0.2) is 6.61 Å². The minimum atomic E-state index is 0.457. The lowest BCUT2D eigenvalue weighted by Gasteiger charge is -2.13. The summed E-state index contributed by atoms with van der Waals surface area (Å²) in [5.41, 5.74) is 12.4. The van der Waals surface area contributed by atoms with Gasteiger partial charge in [0.15, 0.2) is 0 Å². The Labute approximate surface area is 153 Å². The molecule has 1 aliphatic rings. The van der Waals surface area contributed by atoms with E-state index < -0.39 is 0 Å². The summed E-state index contributed by atoms with van der Waals surface area (Å²) in [5, 5.41) is 0. The van der Waals surface area contributed by atoms with Crippen LogP contribution in [0.5, 0.6) is 5.75 Å². The number of hydrazine groups is 1. The Morgan fingerprint density at radius 2 is 1.27 bits per heavy atom. The molecule has 0 saturated carbocycles. The second-order valence-corrected chi connectivity index (χ2v) is 6.21. The standard InChI is InChI=1S/C23H20N2O/c1-17-12-22(25-24-17)16-26-23-14-20(18-8-4-2-5-9-18)13-21(15-23)19-10-6-3-7-11-19/h2-15,24-25H,1,16H2. The van der Waals surface area contributed by atoms with Gasteiger partial charge in [0.05, 0.1) is 5.70 Å². The molecule has 26 heavy (non-hydrogen) atoms. The maximum atomic E-state index is 6.05. The summed E-state index contributed by atoms with van der Waals surface area (Å²) in [4.78, 5) is 0. The number of ether oxygens (including phenoxy) is 1. The first kappa shape index (κ1) is 16.0. The predicted molar refractivity (Wildman–Crippen MR) is 106 cm³/mol. The fourth-order valence-corrected chi connectivity index (χ4v) is 2.96. The van der Waals surface area contributed by atoms with Gasteiger partial charge in [0, 0.05) is 5.70 Å². The Balaban J connectivity index is 1.68. The van der Waals surface area contributed by atoms with Crippen LogP contribution in [0.4, 0.5) is 0 Å². The van der Waals surface area contributed by atoms with Crippen LogP contribution in [0, 0.1) is 0 Å². The van der Waals surface area contributed by atoms with Crippen LogP contribution in [0.1, 0.15) is 0 Å². The lowest BCUT2D eigenvalue weighted by Crippen LogP contribution is -2.25. The number of hydrogen-bond acceptors (Lipinski definition) is 3. The first-order chi connectivity index (χ1) is 12.8. The second-order valence-electron chi connectivity index (χ2n) is 6.21. The SMILES string of the molecule is C=C1C=C(COc2cc(-c3ccccc3)cc(-c3ccccc3)c2)NN1. The molecular weight excluding hydrogens is 320 g/mol. The molecule has 0 saturated heterocycles. The fraction of sp³-hybridized carbons (Fsp3) is 0.0435. The van der Waals surface area contributed by atoms with Gasteiger partial charge in [0.25, 0.3) is 0 Å². The van der Waals surface area contributed by atoms with Crippen LogP contribution >= 0.6 is 0 Å². The highest BCUT2D eigenvalue weighted by molar-refractivity contribution is 5.75. The van der Waals surface area contributed by atoms with Gasteiger partial charge in [-0.25, -0.2) is 0 Å². The lowest BCUT2D eigenvalue weighted by atomic mass is 9.98. The Kier molecular flexibility index (Phi) is 4.44. The monoisotopic (exact) mass is 340 g/mol. The molecule has 3 aromatic carbocycles. The second kappa shape index (κ2) is 7.19. The molecule has 3 nitrogen and oxygen atoms in total. The summed E-state index contributed by atoms with van der Waals surface area (Å²) in [6.45, 7) is 4.32. The van der Waals surface area contributed by atoms with E-state index in [0.29, 0.717) is 6.61 Å². The first-order valence-electron chi connectivity index (χ1n) is 8.58. The number of benzene rings is 3. The number of hydrogen-bond donors (Lipinski definition) is 2. The molecule has 3 heteroatoms. The van der Waals surface area contributed by atoms with Gasteiger partial charge in [0.1, 0.15) is 12.4 Å². The molecule has 1 aliphatic heterocycles. The summed E-state index contributed by atoms with van der Waals surface area (Å²) < 4.78 is 6.05. The average Bonchev–Trinajstić information content (AvgIpc) is 3.13. The molecule has 0 aromatic heterocycles. The van der Waals surface area contributed by atoms with Crippen molar-refractivity contribution in [3.8, 4) is 28.0 Å². The molecule has 0 atom stereocenters. The van der Waals surface area contributed by atoms with Crippen molar-refractivity contribution >= 4 is 0 Å². The molecule has 4 rings (SSSR count). The van der Waals surface area contributed by atoms with Gasteiger partial charge in [-0.2, -0.15) is 0 Å². The fourth-order valence-electron chi connectivity index (χ4n) is 2.96. The molecular formula is C23H20N2O. The van der Waals surface area contributed by atoms with Gasteiger partial charge < -0.3 is 15.6 Å². The molecule has 0 spiro atoms. The van der Waals surface area contributed by atoms with Crippen molar-refractivity contribution in [3.63, 3.8) is 0 Å². The third kappa shape index (κ3) is 3.62. The maximum Gasteiger partial charge on any atom is 0.130 e. The van der Waals surface area contributed by atoms with E-state index in [9.17, 15) is 0 Å². The van der Waals surface area contributed by atoms with E-state index in [-0.39, 0.29) is 0 Å². The highest BCUT2D eigenvalue weighted by atomic mass is 16.5. The highest BCUT2D eigenvalue weighted by Gasteiger charge is 2.09. The van der Waals surface area contributed by atoms with Crippen molar-refractivity contribution in [2.75, 3.05) is 6.61 Å². The topological polar surface area (TPSA) is 33.3 Å². The molecule has 128 valence electrons. The van der Waals surface area contributed by atoms with E-state index in [1.807, 2.05) is 18.2 Å². The number of nitrogens with one attached hydrogen (secondary N) is 2. The summed E-state index contributed by atoms with van der Waals surface area (Å²) in [6.07, 6.45) is 1.94. The smallest absolute Gasteiger partial charge is 0.130 e. The average molecular weight is 340 g/mol. The highest BCUT2D eigenvalue weighted by Crippen LogP contribution is 2.31. The van der Waals surface area contributed by atoms with Gasteiger partial charge in [-0.3, -0.25) is 0 Å². The van der Waals surface area contributed by atoms with E-state index in [4.69, 9.17) is 4.74 Å². The zero-order valence-electron chi connectivity index (χ0n) is 14.4. The minimum Gasteiger partial charge on any atom is -0.487 e. The molecule has 0 bridgehead atoms.